The number of pyridine rings is 1. The lowest BCUT2D eigenvalue weighted by Gasteiger charge is -2.30. The van der Waals surface area contributed by atoms with Crippen molar-refractivity contribution in [1.82, 2.24) is 20.5 Å². The van der Waals surface area contributed by atoms with Gasteiger partial charge in [-0.3, -0.25) is 10.1 Å². The molecular weight excluding hydrogens is 348 g/mol. The summed E-state index contributed by atoms with van der Waals surface area (Å²) in [6.45, 7) is 2.97. The lowest BCUT2D eigenvalue weighted by Crippen LogP contribution is -2.37. The third kappa shape index (κ3) is 4.17. The third-order valence-corrected chi connectivity index (χ3v) is 5.08. The number of nitrogens with zero attached hydrogens (tertiary/aromatic N) is 2. The number of benzene rings is 1. The lowest BCUT2D eigenvalue weighted by atomic mass is 9.92. The van der Waals surface area contributed by atoms with Gasteiger partial charge in [0.1, 0.15) is 11.9 Å². The van der Waals surface area contributed by atoms with Gasteiger partial charge in [0.25, 0.3) is 0 Å². The maximum atomic E-state index is 6.35. The van der Waals surface area contributed by atoms with Crippen molar-refractivity contribution in [3.05, 3.63) is 54.0 Å². The Morgan fingerprint density at radius 2 is 2.15 bits per heavy atom. The summed E-state index contributed by atoms with van der Waals surface area (Å²) in [4.78, 5) is 4.18. The first kappa shape index (κ1) is 18.7. The summed E-state index contributed by atoms with van der Waals surface area (Å²) in [7, 11) is 0. The van der Waals surface area contributed by atoms with Crippen molar-refractivity contribution >= 4 is 23.3 Å². The van der Waals surface area contributed by atoms with Crippen LogP contribution in [0.3, 0.4) is 0 Å². The standard InChI is InChI=1S/C20H24N4O.ClH/c1-14-18-13-23-24-19(18)7-8-20(14)25-17-6-2-5-16(10-17)22-12-15-4-3-9-21-11-15;/h3-4,7-9,11,13,16-17,22H,2,5-6,10,12H2,1H3,(H,23,24);1H. The maximum Gasteiger partial charge on any atom is 0.123 e. The minimum absolute atomic E-state index is 0. The molecule has 5 nitrogen and oxygen atoms in total. The van der Waals surface area contributed by atoms with E-state index in [0.717, 1.165) is 41.6 Å². The Bertz CT molecular complexity index is 836. The second-order valence-electron chi connectivity index (χ2n) is 6.87. The van der Waals surface area contributed by atoms with Crippen molar-refractivity contribution in [2.75, 3.05) is 0 Å². The van der Waals surface area contributed by atoms with Crippen molar-refractivity contribution in [1.29, 1.82) is 0 Å². The molecule has 26 heavy (non-hydrogen) atoms. The average molecular weight is 373 g/mol. The van der Waals surface area contributed by atoms with E-state index >= 15 is 0 Å². The van der Waals surface area contributed by atoms with Crippen molar-refractivity contribution < 1.29 is 4.74 Å². The Hall–Kier alpha value is -2.11. The Morgan fingerprint density at radius 3 is 3.00 bits per heavy atom. The number of nitrogens with one attached hydrogen (secondary N) is 2. The van der Waals surface area contributed by atoms with Crippen LogP contribution in [-0.2, 0) is 6.54 Å². The fraction of sp³-hybridized carbons (Fsp3) is 0.400. The highest BCUT2D eigenvalue weighted by Gasteiger charge is 2.23. The van der Waals surface area contributed by atoms with Gasteiger partial charge in [0, 0.05) is 35.9 Å². The summed E-state index contributed by atoms with van der Waals surface area (Å²) in [5, 5.41) is 11.9. The van der Waals surface area contributed by atoms with E-state index in [1.54, 1.807) is 0 Å². The molecule has 0 amide bonds. The van der Waals surface area contributed by atoms with Crippen LogP contribution in [0.5, 0.6) is 5.75 Å². The predicted molar refractivity (Wildman–Crippen MR) is 106 cm³/mol. The lowest BCUT2D eigenvalue weighted by molar-refractivity contribution is 0.133. The van der Waals surface area contributed by atoms with E-state index in [4.69, 9.17) is 4.74 Å². The van der Waals surface area contributed by atoms with Gasteiger partial charge in [-0.25, -0.2) is 0 Å². The molecule has 1 aliphatic rings. The fourth-order valence-electron chi connectivity index (χ4n) is 3.65. The molecule has 1 saturated carbocycles. The normalized spacial score (nSPS) is 19.9. The fourth-order valence-corrected chi connectivity index (χ4v) is 3.65. The molecule has 0 aliphatic heterocycles. The van der Waals surface area contributed by atoms with Gasteiger partial charge in [-0.2, -0.15) is 5.10 Å². The van der Waals surface area contributed by atoms with Gasteiger partial charge >= 0.3 is 0 Å². The molecule has 6 heteroatoms. The van der Waals surface area contributed by atoms with Crippen LogP contribution in [0.25, 0.3) is 10.9 Å². The molecule has 2 aromatic heterocycles. The number of fused-ring (bicyclic) bond motifs is 1. The van der Waals surface area contributed by atoms with Crippen molar-refractivity contribution in [2.45, 2.75) is 51.3 Å². The number of ether oxygens (including phenoxy) is 1. The van der Waals surface area contributed by atoms with Crippen molar-refractivity contribution in [2.24, 2.45) is 0 Å². The summed E-state index contributed by atoms with van der Waals surface area (Å²) in [6.07, 6.45) is 10.4. The predicted octanol–water partition coefficient (Wildman–Crippen LogP) is 4.17. The smallest absolute Gasteiger partial charge is 0.123 e. The second kappa shape index (κ2) is 8.52. The van der Waals surface area contributed by atoms with Crippen LogP contribution in [-0.4, -0.2) is 27.3 Å². The molecule has 1 aromatic carbocycles. The zero-order chi connectivity index (χ0) is 17.1. The molecule has 2 N–H and O–H groups in total. The Labute approximate surface area is 160 Å². The SMILES string of the molecule is Cc1c(OC2CCCC(NCc3cccnc3)C2)ccc2[nH]ncc12.Cl. The number of aromatic amines is 1. The number of halogens is 1. The van der Waals surface area contributed by atoms with Gasteiger partial charge in [-0.15, -0.1) is 12.4 Å². The van der Waals surface area contributed by atoms with E-state index in [-0.39, 0.29) is 18.5 Å². The number of H-pyrrole nitrogens is 1. The Morgan fingerprint density at radius 1 is 1.23 bits per heavy atom. The largest absolute Gasteiger partial charge is 0.490 e. The van der Waals surface area contributed by atoms with E-state index < -0.39 is 0 Å². The molecule has 0 radical (unpaired) electrons. The number of rotatable bonds is 5. The van der Waals surface area contributed by atoms with Crippen LogP contribution in [0.1, 0.15) is 36.8 Å². The minimum Gasteiger partial charge on any atom is -0.490 e. The summed E-state index contributed by atoms with van der Waals surface area (Å²) in [5.41, 5.74) is 3.45. The number of aromatic nitrogens is 3. The van der Waals surface area contributed by atoms with Crippen LogP contribution < -0.4 is 10.1 Å². The minimum atomic E-state index is 0. The van der Waals surface area contributed by atoms with Gasteiger partial charge in [0.2, 0.25) is 0 Å². The van der Waals surface area contributed by atoms with E-state index in [1.807, 2.05) is 30.7 Å². The van der Waals surface area contributed by atoms with E-state index in [9.17, 15) is 0 Å². The van der Waals surface area contributed by atoms with Crippen LogP contribution in [0.15, 0.2) is 42.9 Å². The quantitative estimate of drug-likeness (QED) is 0.705. The highest BCUT2D eigenvalue weighted by molar-refractivity contribution is 5.85. The third-order valence-electron chi connectivity index (χ3n) is 5.08. The van der Waals surface area contributed by atoms with Crippen LogP contribution in [0.4, 0.5) is 0 Å². The van der Waals surface area contributed by atoms with Gasteiger partial charge in [-0.1, -0.05) is 6.07 Å². The molecule has 2 heterocycles. The monoisotopic (exact) mass is 372 g/mol. The highest BCUT2D eigenvalue weighted by Crippen LogP contribution is 2.30. The molecule has 0 bridgehead atoms. The van der Waals surface area contributed by atoms with Crippen LogP contribution in [0.2, 0.25) is 0 Å². The zero-order valence-electron chi connectivity index (χ0n) is 14.9. The molecule has 2 atom stereocenters. The van der Waals surface area contributed by atoms with Gasteiger partial charge in [0.15, 0.2) is 0 Å². The Kier molecular flexibility index (Phi) is 6.12. The molecule has 0 saturated heterocycles. The molecule has 2 unspecified atom stereocenters. The first-order chi connectivity index (χ1) is 12.3. The van der Waals surface area contributed by atoms with Gasteiger partial charge in [-0.05, 0) is 56.4 Å². The molecular formula is C20H25ClN4O. The number of hydrogen-bond acceptors (Lipinski definition) is 4. The number of aryl methyl sites for hydroxylation is 1. The van der Waals surface area contributed by atoms with E-state index in [1.165, 1.54) is 18.4 Å². The average Bonchev–Trinajstić information content (AvgIpc) is 3.13. The van der Waals surface area contributed by atoms with Gasteiger partial charge < -0.3 is 10.1 Å². The van der Waals surface area contributed by atoms with Crippen molar-refractivity contribution in [3.8, 4) is 5.75 Å². The van der Waals surface area contributed by atoms with Gasteiger partial charge in [0.05, 0.1) is 11.7 Å². The molecule has 1 fully saturated rings. The highest BCUT2D eigenvalue weighted by atomic mass is 35.5. The van der Waals surface area contributed by atoms with E-state index in [0.29, 0.717) is 6.04 Å². The zero-order valence-corrected chi connectivity index (χ0v) is 15.8. The van der Waals surface area contributed by atoms with Crippen LogP contribution in [0, 0.1) is 6.92 Å². The number of hydrogen-bond donors (Lipinski definition) is 2. The maximum absolute atomic E-state index is 6.35. The van der Waals surface area contributed by atoms with Crippen molar-refractivity contribution in [3.63, 3.8) is 0 Å². The summed E-state index contributed by atoms with van der Waals surface area (Å²) in [6, 6.07) is 8.70. The first-order valence-electron chi connectivity index (χ1n) is 9.01. The topological polar surface area (TPSA) is 62.8 Å². The Balaban J connectivity index is 0.00000196. The summed E-state index contributed by atoms with van der Waals surface area (Å²) >= 11 is 0. The van der Waals surface area contributed by atoms with E-state index in [2.05, 4.69) is 39.6 Å². The summed E-state index contributed by atoms with van der Waals surface area (Å²) in [5.74, 6) is 0.979. The van der Waals surface area contributed by atoms with Crippen LogP contribution >= 0.6 is 12.4 Å². The molecule has 1 aliphatic carbocycles. The summed E-state index contributed by atoms with van der Waals surface area (Å²) < 4.78 is 6.35. The molecule has 138 valence electrons. The first-order valence-corrected chi connectivity index (χ1v) is 9.01. The second-order valence-corrected chi connectivity index (χ2v) is 6.87. The molecule has 0 spiro atoms. The molecule has 3 aromatic rings. The molecule has 4 rings (SSSR count).